The number of carbonyl (C=O) groups excluding carboxylic acids is 1. The van der Waals surface area contributed by atoms with Crippen molar-refractivity contribution in [1.29, 1.82) is 5.26 Å². The van der Waals surface area contributed by atoms with Crippen molar-refractivity contribution in [2.45, 2.75) is 0 Å². The molecular weight excluding hydrogens is 270 g/mol. The average molecular weight is 279 g/mol. The molecule has 9 nitrogen and oxygen atoms in total. The molecule has 0 saturated carbocycles. The van der Waals surface area contributed by atoms with Crippen molar-refractivity contribution < 1.29 is 24.4 Å². The Kier molecular flexibility index (Phi) is 4.99. The molecule has 0 unspecified atom stereocenters. The summed E-state index contributed by atoms with van der Waals surface area (Å²) in [7, 11) is 0. The van der Waals surface area contributed by atoms with Crippen LogP contribution in [0.2, 0.25) is 0 Å². The van der Waals surface area contributed by atoms with Crippen LogP contribution >= 0.6 is 0 Å². The van der Waals surface area contributed by atoms with Crippen LogP contribution in [0, 0.1) is 21.4 Å². The quantitative estimate of drug-likeness (QED) is 0.433. The van der Waals surface area contributed by atoms with E-state index >= 15 is 0 Å². The Morgan fingerprint density at radius 1 is 1.50 bits per heavy atom. The highest BCUT2D eigenvalue weighted by Gasteiger charge is 2.24. The molecule has 0 aromatic heterocycles. The number of nitro groups is 1. The fourth-order valence-electron chi connectivity index (χ4n) is 1.34. The van der Waals surface area contributed by atoms with Gasteiger partial charge in [0.1, 0.15) is 12.3 Å². The van der Waals surface area contributed by atoms with Gasteiger partial charge in [-0.2, -0.15) is 5.26 Å². The number of nitrogens with zero attached hydrogens (tertiary/aromatic N) is 2. The highest BCUT2D eigenvalue weighted by molar-refractivity contribution is 5.95. The van der Waals surface area contributed by atoms with Crippen LogP contribution in [0.15, 0.2) is 18.2 Å². The molecule has 104 valence electrons. The number of hydrogen-bond acceptors (Lipinski definition) is 6. The lowest BCUT2D eigenvalue weighted by Crippen LogP contribution is -2.29. The zero-order valence-electron chi connectivity index (χ0n) is 10.0. The Hall–Kier alpha value is -3.15. The van der Waals surface area contributed by atoms with Gasteiger partial charge < -0.3 is 15.2 Å². The van der Waals surface area contributed by atoms with Crippen molar-refractivity contribution in [3.63, 3.8) is 0 Å². The van der Waals surface area contributed by atoms with E-state index in [1.165, 1.54) is 12.1 Å². The maximum absolute atomic E-state index is 11.2. The summed E-state index contributed by atoms with van der Waals surface area (Å²) in [6.45, 7) is -0.772. The molecule has 0 bridgehead atoms. The first kappa shape index (κ1) is 14.9. The van der Waals surface area contributed by atoms with Crippen molar-refractivity contribution in [2.75, 3.05) is 13.2 Å². The third-order valence-corrected chi connectivity index (χ3v) is 2.14. The number of aromatic carboxylic acids is 1. The molecule has 1 aromatic carbocycles. The van der Waals surface area contributed by atoms with Gasteiger partial charge in [-0.3, -0.25) is 14.9 Å². The Bertz CT molecular complexity index is 592. The molecule has 9 heteroatoms. The van der Waals surface area contributed by atoms with E-state index in [9.17, 15) is 19.7 Å². The fraction of sp³-hybridized carbons (Fsp3) is 0.182. The zero-order chi connectivity index (χ0) is 15.1. The van der Waals surface area contributed by atoms with Gasteiger partial charge in [-0.15, -0.1) is 0 Å². The first-order valence-corrected chi connectivity index (χ1v) is 5.24. The van der Waals surface area contributed by atoms with E-state index in [2.05, 4.69) is 5.32 Å². The number of hydrogen-bond donors (Lipinski definition) is 2. The van der Waals surface area contributed by atoms with Gasteiger partial charge >= 0.3 is 5.97 Å². The summed E-state index contributed by atoms with van der Waals surface area (Å²) < 4.78 is 4.94. The van der Waals surface area contributed by atoms with Crippen molar-refractivity contribution in [1.82, 2.24) is 5.32 Å². The summed E-state index contributed by atoms with van der Waals surface area (Å²) in [5, 5.41) is 30.1. The molecular formula is C11H9N3O6. The predicted octanol–water partition coefficient (Wildman–Crippen LogP) is 0.312. The second-order valence-electron chi connectivity index (χ2n) is 3.44. The summed E-state index contributed by atoms with van der Waals surface area (Å²) in [5.41, 5.74) is -1.27. The van der Waals surface area contributed by atoms with Crippen LogP contribution in [-0.2, 0) is 4.79 Å². The number of nitriles is 1. The van der Waals surface area contributed by atoms with Crippen molar-refractivity contribution in [2.24, 2.45) is 0 Å². The van der Waals surface area contributed by atoms with E-state index in [0.29, 0.717) is 0 Å². The molecule has 0 heterocycles. The Morgan fingerprint density at radius 2 is 2.20 bits per heavy atom. The molecule has 0 saturated heterocycles. The first-order valence-electron chi connectivity index (χ1n) is 5.24. The third kappa shape index (κ3) is 3.67. The van der Waals surface area contributed by atoms with Crippen LogP contribution in [0.5, 0.6) is 5.75 Å². The van der Waals surface area contributed by atoms with Gasteiger partial charge in [0.15, 0.2) is 12.2 Å². The highest BCUT2D eigenvalue weighted by Crippen LogP contribution is 2.28. The molecule has 1 rings (SSSR count). The van der Waals surface area contributed by atoms with E-state index in [-0.39, 0.29) is 12.3 Å². The molecule has 0 aliphatic carbocycles. The van der Waals surface area contributed by atoms with E-state index in [1.807, 2.05) is 0 Å². The predicted molar refractivity (Wildman–Crippen MR) is 64.2 cm³/mol. The third-order valence-electron chi connectivity index (χ3n) is 2.14. The topological polar surface area (TPSA) is 143 Å². The van der Waals surface area contributed by atoms with Gasteiger partial charge in [0.25, 0.3) is 11.6 Å². The summed E-state index contributed by atoms with van der Waals surface area (Å²) >= 11 is 0. The average Bonchev–Trinajstić information content (AvgIpc) is 2.41. The van der Waals surface area contributed by atoms with Crippen LogP contribution in [0.3, 0.4) is 0 Å². The zero-order valence-corrected chi connectivity index (χ0v) is 10.0. The molecule has 1 aromatic rings. The molecule has 0 aliphatic rings. The number of nitro benzene ring substituents is 1. The van der Waals surface area contributed by atoms with E-state index in [1.54, 1.807) is 6.07 Å². The molecule has 1 amide bonds. The number of ether oxygens (including phenoxy) is 1. The number of rotatable bonds is 6. The van der Waals surface area contributed by atoms with Gasteiger partial charge in [-0.05, 0) is 6.07 Å². The van der Waals surface area contributed by atoms with Crippen molar-refractivity contribution >= 4 is 17.6 Å². The molecule has 0 atom stereocenters. The summed E-state index contributed by atoms with van der Waals surface area (Å²) in [5.74, 6) is -2.47. The second kappa shape index (κ2) is 6.69. The van der Waals surface area contributed by atoms with E-state index in [0.717, 1.165) is 6.07 Å². The van der Waals surface area contributed by atoms with Gasteiger partial charge in [0.05, 0.1) is 11.0 Å². The van der Waals surface area contributed by atoms with Crippen LogP contribution in [0.1, 0.15) is 10.4 Å². The van der Waals surface area contributed by atoms with Crippen LogP contribution in [0.25, 0.3) is 0 Å². The normalized spacial score (nSPS) is 9.35. The number of amides is 1. The van der Waals surface area contributed by atoms with Gasteiger partial charge in [-0.1, -0.05) is 6.07 Å². The van der Waals surface area contributed by atoms with Gasteiger partial charge in [0.2, 0.25) is 0 Å². The highest BCUT2D eigenvalue weighted by atomic mass is 16.6. The van der Waals surface area contributed by atoms with E-state index in [4.69, 9.17) is 15.1 Å². The molecule has 0 fully saturated rings. The maximum atomic E-state index is 11.2. The second-order valence-corrected chi connectivity index (χ2v) is 3.44. The summed E-state index contributed by atoms with van der Waals surface area (Å²) in [6, 6.07) is 5.14. The lowest BCUT2D eigenvalue weighted by molar-refractivity contribution is -0.385. The first-order chi connectivity index (χ1) is 9.47. The lowest BCUT2D eigenvalue weighted by atomic mass is 10.1. The number of carboxylic acid groups (broad SMARTS) is 1. The number of carbonyl (C=O) groups is 2. The Morgan fingerprint density at radius 3 is 2.75 bits per heavy atom. The van der Waals surface area contributed by atoms with Gasteiger partial charge in [0, 0.05) is 6.07 Å². The van der Waals surface area contributed by atoms with Crippen LogP contribution in [0.4, 0.5) is 5.69 Å². The number of nitrogens with one attached hydrogen (secondary N) is 1. The summed E-state index contributed by atoms with van der Waals surface area (Å²) in [6.07, 6.45) is 0. The number of benzene rings is 1. The SMILES string of the molecule is N#CCNC(=O)COc1cccc([N+](=O)[O-])c1C(=O)O. The minimum atomic E-state index is -1.54. The minimum absolute atomic E-state index is 0.219. The standard InChI is InChI=1S/C11H9N3O6/c12-4-5-13-9(15)6-20-8-3-1-2-7(14(18)19)10(8)11(16)17/h1-3H,5-6H2,(H,13,15)(H,16,17). The minimum Gasteiger partial charge on any atom is -0.483 e. The molecule has 0 aliphatic heterocycles. The van der Waals surface area contributed by atoms with Crippen molar-refractivity contribution in [3.05, 3.63) is 33.9 Å². The Balaban J connectivity index is 2.93. The smallest absolute Gasteiger partial charge is 0.346 e. The van der Waals surface area contributed by atoms with Crippen molar-refractivity contribution in [3.8, 4) is 11.8 Å². The Labute approximate surface area is 112 Å². The largest absolute Gasteiger partial charge is 0.483 e. The number of carboxylic acids is 1. The maximum Gasteiger partial charge on any atom is 0.346 e. The van der Waals surface area contributed by atoms with Crippen LogP contribution < -0.4 is 10.1 Å². The fourth-order valence-corrected chi connectivity index (χ4v) is 1.34. The lowest BCUT2D eigenvalue weighted by Gasteiger charge is -2.08. The molecule has 20 heavy (non-hydrogen) atoms. The summed E-state index contributed by atoms with van der Waals surface area (Å²) in [4.78, 5) is 32.1. The van der Waals surface area contributed by atoms with E-state index < -0.39 is 34.7 Å². The van der Waals surface area contributed by atoms with Gasteiger partial charge in [-0.25, -0.2) is 4.79 Å². The van der Waals surface area contributed by atoms with Crippen LogP contribution in [-0.4, -0.2) is 35.1 Å². The monoisotopic (exact) mass is 279 g/mol. The molecule has 0 spiro atoms. The molecule has 2 N–H and O–H groups in total. The molecule has 0 radical (unpaired) electrons.